The number of hydrogen-bond acceptors (Lipinski definition) is 4. The Morgan fingerprint density at radius 2 is 1.23 bits per heavy atom. The highest BCUT2D eigenvalue weighted by molar-refractivity contribution is 5.67. The van der Waals surface area contributed by atoms with Gasteiger partial charge in [-0.05, 0) is 41.5 Å². The first-order valence-corrected chi connectivity index (χ1v) is 13.6. The summed E-state index contributed by atoms with van der Waals surface area (Å²) in [5, 5.41) is 13.3. The summed E-state index contributed by atoms with van der Waals surface area (Å²) in [5.74, 6) is -0.145. The number of benzene rings is 4. The highest BCUT2D eigenvalue weighted by atomic mass is 16.5. The highest BCUT2D eigenvalue weighted by Crippen LogP contribution is 2.43. The first-order chi connectivity index (χ1) is 19.2. The molecule has 1 fully saturated rings. The van der Waals surface area contributed by atoms with Gasteiger partial charge in [-0.1, -0.05) is 121 Å². The topological polar surface area (TPSA) is 67.8 Å². The fourth-order valence-electron chi connectivity index (χ4n) is 5.61. The van der Waals surface area contributed by atoms with Crippen LogP contribution in [0.25, 0.3) is 0 Å². The summed E-state index contributed by atoms with van der Waals surface area (Å²) >= 11 is 0. The maximum atomic E-state index is 12.6. The summed E-state index contributed by atoms with van der Waals surface area (Å²) in [7, 11) is 0. The molecule has 0 spiro atoms. The van der Waals surface area contributed by atoms with Crippen molar-refractivity contribution in [2.45, 2.75) is 43.6 Å². The van der Waals surface area contributed by atoms with E-state index in [-0.39, 0.29) is 31.3 Å². The number of aliphatic hydroxyl groups excluding tert-OH is 1. The van der Waals surface area contributed by atoms with Gasteiger partial charge in [-0.15, -0.1) is 0 Å². The molecule has 200 valence electrons. The first-order valence-electron chi connectivity index (χ1n) is 13.6. The van der Waals surface area contributed by atoms with E-state index in [1.54, 1.807) is 0 Å². The van der Waals surface area contributed by atoms with Crippen molar-refractivity contribution in [2.75, 3.05) is 6.61 Å². The van der Waals surface area contributed by atoms with Crippen LogP contribution < -0.4 is 5.32 Å². The molecule has 1 aliphatic rings. The van der Waals surface area contributed by atoms with Gasteiger partial charge in [0.15, 0.2) is 0 Å². The second-order valence-corrected chi connectivity index (χ2v) is 10.1. The summed E-state index contributed by atoms with van der Waals surface area (Å²) < 4.78 is 12.6. The molecule has 0 aromatic heterocycles. The zero-order valence-corrected chi connectivity index (χ0v) is 22.0. The van der Waals surface area contributed by atoms with Crippen LogP contribution >= 0.6 is 0 Å². The summed E-state index contributed by atoms with van der Waals surface area (Å²) in [6.45, 7) is 0.168. The minimum atomic E-state index is -0.816. The number of ether oxygens (including phenoxy) is 2. The molecule has 0 heterocycles. The molecule has 0 saturated heterocycles. The maximum absolute atomic E-state index is 12.6. The highest BCUT2D eigenvalue weighted by Gasteiger charge is 2.42. The number of alkyl carbamates (subject to hydrolysis) is 1. The smallest absolute Gasteiger partial charge is 0.407 e. The van der Waals surface area contributed by atoms with Crippen molar-refractivity contribution < 1.29 is 19.4 Å². The predicted octanol–water partition coefficient (Wildman–Crippen LogP) is 6.45. The van der Waals surface area contributed by atoms with Gasteiger partial charge in [0.1, 0.15) is 12.2 Å². The van der Waals surface area contributed by atoms with Crippen molar-refractivity contribution in [3.63, 3.8) is 0 Å². The molecule has 4 aromatic rings. The molecule has 0 aliphatic heterocycles. The number of carbonyl (C=O) groups excluding carboxylic acids is 1. The molecule has 2 N–H and O–H groups in total. The average molecular weight is 522 g/mol. The third-order valence-corrected chi connectivity index (χ3v) is 7.57. The molecule has 5 rings (SSSR count). The zero-order chi connectivity index (χ0) is 26.9. The standard InChI is InChI=1S/C34H35NO4/c36-24-27-23-31(21-22-32(27)35-33(37)38-25-26-13-5-1-6-14-26)39-34(28-15-7-2-8-16-28,29-17-9-3-10-18-29)30-19-11-4-12-20-30/h1-20,27,31-32,36H,21-25H2,(H,35,37)/t27-,31+,32-/m0/s1. The van der Waals surface area contributed by atoms with E-state index in [0.717, 1.165) is 28.7 Å². The van der Waals surface area contributed by atoms with Crippen LogP contribution in [0.3, 0.4) is 0 Å². The van der Waals surface area contributed by atoms with E-state index in [2.05, 4.69) is 41.7 Å². The Morgan fingerprint density at radius 3 is 1.72 bits per heavy atom. The van der Waals surface area contributed by atoms with Crippen LogP contribution in [0, 0.1) is 5.92 Å². The van der Waals surface area contributed by atoms with Crippen LogP contribution in [0.5, 0.6) is 0 Å². The van der Waals surface area contributed by atoms with E-state index in [4.69, 9.17) is 9.47 Å². The lowest BCUT2D eigenvalue weighted by Gasteiger charge is -2.43. The second-order valence-electron chi connectivity index (χ2n) is 10.1. The maximum Gasteiger partial charge on any atom is 0.407 e. The number of rotatable bonds is 9. The number of hydrogen-bond donors (Lipinski definition) is 2. The van der Waals surface area contributed by atoms with E-state index in [9.17, 15) is 9.90 Å². The van der Waals surface area contributed by atoms with Crippen LogP contribution in [0.1, 0.15) is 41.5 Å². The van der Waals surface area contributed by atoms with Crippen LogP contribution in [-0.4, -0.2) is 30.0 Å². The summed E-state index contributed by atoms with van der Waals surface area (Å²) in [6, 6.07) is 40.4. The fraction of sp³-hybridized carbons (Fsp3) is 0.265. The van der Waals surface area contributed by atoms with Gasteiger partial charge >= 0.3 is 6.09 Å². The molecule has 3 atom stereocenters. The van der Waals surface area contributed by atoms with E-state index >= 15 is 0 Å². The Bertz CT molecular complexity index is 1200. The predicted molar refractivity (Wildman–Crippen MR) is 152 cm³/mol. The minimum Gasteiger partial charge on any atom is -0.445 e. The Balaban J connectivity index is 1.36. The number of carbonyl (C=O) groups is 1. The Hall–Kier alpha value is -3.93. The van der Waals surface area contributed by atoms with E-state index in [1.807, 2.05) is 84.9 Å². The quantitative estimate of drug-likeness (QED) is 0.248. The molecule has 5 nitrogen and oxygen atoms in total. The van der Waals surface area contributed by atoms with Gasteiger partial charge in [0, 0.05) is 18.6 Å². The molecule has 0 radical (unpaired) electrons. The van der Waals surface area contributed by atoms with Crippen molar-refractivity contribution in [3.05, 3.63) is 144 Å². The van der Waals surface area contributed by atoms with Crippen LogP contribution in [0.4, 0.5) is 4.79 Å². The lowest BCUT2D eigenvalue weighted by atomic mass is 9.78. The molecule has 5 heteroatoms. The number of amides is 1. The SMILES string of the molecule is O=C(N[C@H]1CC[C@@H](OC(c2ccccc2)(c2ccccc2)c2ccccc2)C[C@H]1CO)OCc1ccccc1. The minimum absolute atomic E-state index is 0.0432. The first kappa shape index (κ1) is 26.7. The van der Waals surface area contributed by atoms with Crippen molar-refractivity contribution in [3.8, 4) is 0 Å². The third-order valence-electron chi connectivity index (χ3n) is 7.57. The van der Waals surface area contributed by atoms with Gasteiger partial charge in [-0.25, -0.2) is 4.79 Å². The van der Waals surface area contributed by atoms with Gasteiger partial charge in [0.05, 0.1) is 6.10 Å². The van der Waals surface area contributed by atoms with E-state index in [0.29, 0.717) is 12.8 Å². The lowest BCUT2D eigenvalue weighted by molar-refractivity contribution is -0.0798. The van der Waals surface area contributed by atoms with Crippen molar-refractivity contribution in [1.82, 2.24) is 5.32 Å². The zero-order valence-electron chi connectivity index (χ0n) is 22.0. The van der Waals surface area contributed by atoms with Gasteiger partial charge in [0.25, 0.3) is 0 Å². The molecule has 1 saturated carbocycles. The average Bonchev–Trinajstić information content (AvgIpc) is 3.01. The van der Waals surface area contributed by atoms with Crippen LogP contribution in [0.15, 0.2) is 121 Å². The van der Waals surface area contributed by atoms with Gasteiger partial charge < -0.3 is 19.9 Å². The molecule has 4 aromatic carbocycles. The molecular formula is C34H35NO4. The van der Waals surface area contributed by atoms with Gasteiger partial charge in [0.2, 0.25) is 0 Å². The molecule has 1 aliphatic carbocycles. The Morgan fingerprint density at radius 1 is 0.744 bits per heavy atom. The number of aliphatic hydroxyl groups is 1. The molecule has 39 heavy (non-hydrogen) atoms. The van der Waals surface area contributed by atoms with Crippen LogP contribution in [-0.2, 0) is 21.7 Å². The fourth-order valence-corrected chi connectivity index (χ4v) is 5.61. The van der Waals surface area contributed by atoms with Gasteiger partial charge in [-0.3, -0.25) is 0 Å². The lowest BCUT2D eigenvalue weighted by Crippen LogP contribution is -2.48. The molecule has 1 amide bonds. The molecular weight excluding hydrogens is 486 g/mol. The van der Waals surface area contributed by atoms with E-state index in [1.165, 1.54) is 0 Å². The second kappa shape index (κ2) is 12.7. The number of nitrogens with one attached hydrogen (secondary N) is 1. The molecule has 0 unspecified atom stereocenters. The Labute approximate surface area is 230 Å². The summed E-state index contributed by atoms with van der Waals surface area (Å²) in [5.41, 5.74) is 3.26. The van der Waals surface area contributed by atoms with E-state index < -0.39 is 11.7 Å². The normalized spacial score (nSPS) is 19.3. The summed E-state index contributed by atoms with van der Waals surface area (Å²) in [4.78, 5) is 12.6. The summed E-state index contributed by atoms with van der Waals surface area (Å²) in [6.07, 6.45) is 1.46. The molecule has 0 bridgehead atoms. The van der Waals surface area contributed by atoms with Gasteiger partial charge in [-0.2, -0.15) is 0 Å². The monoisotopic (exact) mass is 521 g/mol. The van der Waals surface area contributed by atoms with Crippen LogP contribution in [0.2, 0.25) is 0 Å². The Kier molecular flexibility index (Phi) is 8.71. The third kappa shape index (κ3) is 6.22. The largest absolute Gasteiger partial charge is 0.445 e. The van der Waals surface area contributed by atoms with Crippen molar-refractivity contribution in [1.29, 1.82) is 0 Å². The van der Waals surface area contributed by atoms with Crippen molar-refractivity contribution in [2.24, 2.45) is 5.92 Å². The van der Waals surface area contributed by atoms with Crippen molar-refractivity contribution >= 4 is 6.09 Å².